The van der Waals surface area contributed by atoms with E-state index in [1.54, 1.807) is 41.4 Å². The van der Waals surface area contributed by atoms with E-state index in [-0.39, 0.29) is 12.2 Å². The molecule has 0 radical (unpaired) electrons. The highest BCUT2D eigenvalue weighted by molar-refractivity contribution is 6.31. The monoisotopic (exact) mass is 401 g/mol. The highest BCUT2D eigenvalue weighted by Gasteiger charge is 2.14. The zero-order valence-electron chi connectivity index (χ0n) is 14.9. The Morgan fingerprint density at radius 1 is 1.17 bits per heavy atom. The quantitative estimate of drug-likeness (QED) is 0.500. The summed E-state index contributed by atoms with van der Waals surface area (Å²) < 4.78 is 3.24. The topological polar surface area (TPSA) is 105 Å². The largest absolute Gasteiger partial charge is 0.328 e. The van der Waals surface area contributed by atoms with Crippen LogP contribution in [-0.2, 0) is 6.54 Å². The second-order valence-corrected chi connectivity index (χ2v) is 6.85. The third-order valence-electron chi connectivity index (χ3n) is 4.68. The summed E-state index contributed by atoms with van der Waals surface area (Å²) in [5.74, 6) is 0.372. The number of imidazole rings is 2. The molecular weight excluding hydrogens is 390 g/mol. The Hall–Kier alpha value is -3.96. The summed E-state index contributed by atoms with van der Waals surface area (Å²) in [5.41, 5.74) is 3.47. The fourth-order valence-corrected chi connectivity index (χ4v) is 3.43. The first-order valence-corrected chi connectivity index (χ1v) is 9.08. The molecule has 0 spiro atoms. The van der Waals surface area contributed by atoms with E-state index in [4.69, 9.17) is 16.9 Å². The van der Waals surface area contributed by atoms with Crippen LogP contribution in [0.2, 0.25) is 5.02 Å². The van der Waals surface area contributed by atoms with Crippen molar-refractivity contribution in [3.63, 3.8) is 0 Å². The van der Waals surface area contributed by atoms with Gasteiger partial charge in [0.1, 0.15) is 11.8 Å². The number of nitrogens with one attached hydrogen (secondary N) is 1. The van der Waals surface area contributed by atoms with Crippen LogP contribution in [0.4, 0.5) is 0 Å². The number of nitrogens with zero attached hydrogens (tertiary/aromatic N) is 6. The standard InChI is InChI=1S/C20H12ClN7O/c21-14-4-2-1-3-13(14)10-27-18-16(25-20(27)29)9-23-19(26-18)28-11-24-15-7-12(8-22)5-6-17(15)28/h1-7,9,11H,10H2,(H,25,29). The van der Waals surface area contributed by atoms with E-state index in [9.17, 15) is 4.79 Å². The normalized spacial score (nSPS) is 11.2. The van der Waals surface area contributed by atoms with E-state index in [0.717, 1.165) is 11.1 Å². The number of aromatic amines is 1. The summed E-state index contributed by atoms with van der Waals surface area (Å²) in [6.45, 7) is 0.283. The molecule has 0 saturated carbocycles. The maximum Gasteiger partial charge on any atom is 0.328 e. The minimum atomic E-state index is -0.291. The van der Waals surface area contributed by atoms with Crippen molar-refractivity contribution in [2.75, 3.05) is 0 Å². The lowest BCUT2D eigenvalue weighted by Gasteiger charge is -2.06. The average molecular weight is 402 g/mol. The van der Waals surface area contributed by atoms with Crippen LogP contribution in [0.3, 0.4) is 0 Å². The van der Waals surface area contributed by atoms with Crippen LogP contribution < -0.4 is 5.69 Å². The second kappa shape index (κ2) is 6.58. The van der Waals surface area contributed by atoms with Gasteiger partial charge in [-0.1, -0.05) is 29.8 Å². The molecule has 5 aromatic rings. The SMILES string of the molecule is N#Cc1ccc2c(c1)ncn2-c1ncc2[nH]c(=O)n(Cc3ccccc3Cl)c2n1. The highest BCUT2D eigenvalue weighted by atomic mass is 35.5. The van der Waals surface area contributed by atoms with Gasteiger partial charge in [0.05, 0.1) is 35.4 Å². The second-order valence-electron chi connectivity index (χ2n) is 6.44. The van der Waals surface area contributed by atoms with Gasteiger partial charge < -0.3 is 4.98 Å². The van der Waals surface area contributed by atoms with Gasteiger partial charge in [0.15, 0.2) is 5.65 Å². The summed E-state index contributed by atoms with van der Waals surface area (Å²) in [4.78, 5) is 28.5. The summed E-state index contributed by atoms with van der Waals surface area (Å²) in [7, 11) is 0. The highest BCUT2D eigenvalue weighted by Crippen LogP contribution is 2.20. The van der Waals surface area contributed by atoms with E-state index in [1.165, 1.54) is 4.57 Å². The Morgan fingerprint density at radius 3 is 2.86 bits per heavy atom. The average Bonchev–Trinajstić information content (AvgIpc) is 3.29. The Labute approximate surface area is 168 Å². The van der Waals surface area contributed by atoms with Gasteiger partial charge in [0.2, 0.25) is 5.95 Å². The third-order valence-corrected chi connectivity index (χ3v) is 5.05. The van der Waals surface area contributed by atoms with Crippen molar-refractivity contribution in [1.29, 1.82) is 5.26 Å². The van der Waals surface area contributed by atoms with Crippen LogP contribution in [0, 0.1) is 11.3 Å². The number of hydrogen-bond donors (Lipinski definition) is 1. The van der Waals surface area contributed by atoms with Crippen LogP contribution in [0.25, 0.3) is 28.1 Å². The van der Waals surface area contributed by atoms with Crippen LogP contribution in [0.1, 0.15) is 11.1 Å². The van der Waals surface area contributed by atoms with Crippen molar-refractivity contribution in [1.82, 2.24) is 29.1 Å². The van der Waals surface area contributed by atoms with Crippen molar-refractivity contribution >= 4 is 33.8 Å². The molecule has 0 bridgehead atoms. The van der Waals surface area contributed by atoms with Gasteiger partial charge in [-0.25, -0.2) is 14.8 Å². The van der Waals surface area contributed by atoms with Gasteiger partial charge >= 0.3 is 5.69 Å². The fraction of sp³-hybridized carbons (Fsp3) is 0.0500. The number of halogens is 1. The van der Waals surface area contributed by atoms with Crippen molar-refractivity contribution < 1.29 is 0 Å². The van der Waals surface area contributed by atoms with E-state index >= 15 is 0 Å². The van der Waals surface area contributed by atoms with Gasteiger partial charge in [-0.3, -0.25) is 9.13 Å². The molecule has 8 nitrogen and oxygen atoms in total. The van der Waals surface area contributed by atoms with Crippen LogP contribution in [0.5, 0.6) is 0 Å². The lowest BCUT2D eigenvalue weighted by atomic mass is 10.2. The lowest BCUT2D eigenvalue weighted by Crippen LogP contribution is -2.18. The Balaban J connectivity index is 1.65. The molecule has 0 aliphatic rings. The smallest absolute Gasteiger partial charge is 0.303 e. The molecule has 0 atom stereocenters. The van der Waals surface area contributed by atoms with Gasteiger partial charge in [-0.15, -0.1) is 0 Å². The van der Waals surface area contributed by atoms with E-state index in [2.05, 4.69) is 26.0 Å². The number of aromatic nitrogens is 6. The number of nitriles is 1. The molecule has 2 aromatic carbocycles. The van der Waals surface area contributed by atoms with Crippen molar-refractivity contribution in [3.05, 3.63) is 81.6 Å². The molecule has 0 amide bonds. The minimum Gasteiger partial charge on any atom is -0.303 e. The molecule has 0 aliphatic carbocycles. The zero-order chi connectivity index (χ0) is 20.0. The first-order valence-electron chi connectivity index (χ1n) is 8.70. The summed E-state index contributed by atoms with van der Waals surface area (Å²) in [6, 6.07) is 14.7. The molecule has 0 saturated heterocycles. The van der Waals surface area contributed by atoms with Crippen molar-refractivity contribution in [2.45, 2.75) is 6.54 Å². The molecule has 9 heteroatoms. The van der Waals surface area contributed by atoms with Gasteiger partial charge in [0, 0.05) is 5.02 Å². The number of fused-ring (bicyclic) bond motifs is 2. The third kappa shape index (κ3) is 2.85. The maximum atomic E-state index is 12.5. The maximum absolute atomic E-state index is 12.5. The van der Waals surface area contributed by atoms with Gasteiger partial charge in [-0.05, 0) is 29.8 Å². The number of H-pyrrole nitrogens is 1. The molecule has 3 aromatic heterocycles. The molecule has 0 aliphatic heterocycles. The lowest BCUT2D eigenvalue weighted by molar-refractivity contribution is 0.775. The van der Waals surface area contributed by atoms with Crippen LogP contribution in [0.15, 0.2) is 59.8 Å². The molecule has 140 valence electrons. The minimum absolute atomic E-state index is 0.283. The predicted octanol–water partition coefficient (Wildman–Crippen LogP) is 3.03. The molecule has 0 fully saturated rings. The molecule has 29 heavy (non-hydrogen) atoms. The zero-order valence-corrected chi connectivity index (χ0v) is 15.6. The Bertz CT molecular complexity index is 1490. The summed E-state index contributed by atoms with van der Waals surface area (Å²) in [6.07, 6.45) is 3.16. The van der Waals surface area contributed by atoms with E-state index < -0.39 is 0 Å². The molecule has 5 rings (SSSR count). The van der Waals surface area contributed by atoms with Crippen molar-refractivity contribution in [3.8, 4) is 12.0 Å². The van der Waals surface area contributed by atoms with Gasteiger partial charge in [-0.2, -0.15) is 10.2 Å². The van der Waals surface area contributed by atoms with E-state index in [1.807, 2.05) is 18.2 Å². The number of rotatable bonds is 3. The number of benzene rings is 2. The predicted molar refractivity (Wildman–Crippen MR) is 108 cm³/mol. The Morgan fingerprint density at radius 2 is 2.03 bits per heavy atom. The first kappa shape index (κ1) is 17.2. The van der Waals surface area contributed by atoms with Crippen LogP contribution >= 0.6 is 11.6 Å². The summed E-state index contributed by atoms with van der Waals surface area (Å²) in [5, 5.41) is 9.64. The fourth-order valence-electron chi connectivity index (χ4n) is 3.24. The molecular formula is C20H12ClN7O. The molecule has 3 heterocycles. The summed E-state index contributed by atoms with van der Waals surface area (Å²) >= 11 is 6.25. The van der Waals surface area contributed by atoms with Crippen molar-refractivity contribution in [2.24, 2.45) is 0 Å². The first-order chi connectivity index (χ1) is 14.1. The van der Waals surface area contributed by atoms with E-state index in [0.29, 0.717) is 33.2 Å². The molecule has 0 unspecified atom stereocenters. The Kier molecular flexibility index (Phi) is 3.89. The van der Waals surface area contributed by atoms with Crippen LogP contribution in [-0.4, -0.2) is 29.1 Å². The number of hydrogen-bond acceptors (Lipinski definition) is 5. The van der Waals surface area contributed by atoms with Gasteiger partial charge in [0.25, 0.3) is 0 Å². The molecule has 1 N–H and O–H groups in total.